The number of esters is 3. The molecule has 6 nitrogen and oxygen atoms in total. The third-order valence-corrected chi connectivity index (χ3v) is 13.3. The van der Waals surface area contributed by atoms with Gasteiger partial charge in [0.05, 0.1) is 0 Å². The average Bonchev–Trinajstić information content (AvgIpc) is 3.45. The second-order valence-corrected chi connectivity index (χ2v) is 20.9. The molecule has 0 N–H and O–H groups in total. The molecule has 0 aliphatic carbocycles. The van der Waals surface area contributed by atoms with Crippen LogP contribution in [-0.4, -0.2) is 37.2 Å². The molecule has 0 saturated carbocycles. The molecule has 0 aromatic heterocycles. The summed E-state index contributed by atoms with van der Waals surface area (Å²) < 4.78 is 16.9. The van der Waals surface area contributed by atoms with Gasteiger partial charge in [-0.25, -0.2) is 0 Å². The van der Waals surface area contributed by atoms with Crippen LogP contribution in [-0.2, 0) is 28.6 Å². The van der Waals surface area contributed by atoms with Crippen LogP contribution in [0.4, 0.5) is 0 Å². The summed E-state index contributed by atoms with van der Waals surface area (Å²) in [5, 5.41) is 0. The predicted octanol–water partition coefficient (Wildman–Crippen LogP) is 22.3. The largest absolute Gasteiger partial charge is 0.462 e. The minimum Gasteiger partial charge on any atom is -0.462 e. The van der Waals surface area contributed by atoms with Crippen LogP contribution < -0.4 is 0 Å². The van der Waals surface area contributed by atoms with Gasteiger partial charge in [-0.3, -0.25) is 14.4 Å². The molecule has 0 aliphatic heterocycles. The van der Waals surface area contributed by atoms with Gasteiger partial charge in [0.15, 0.2) is 6.10 Å². The Kier molecular flexibility index (Phi) is 61.9. The van der Waals surface area contributed by atoms with Crippen molar-refractivity contribution in [2.24, 2.45) is 0 Å². The van der Waals surface area contributed by atoms with Gasteiger partial charge in [0.1, 0.15) is 13.2 Å². The second-order valence-electron chi connectivity index (χ2n) is 20.9. The van der Waals surface area contributed by atoms with Crippen LogP contribution in [0.2, 0.25) is 0 Å². The van der Waals surface area contributed by atoms with Crippen molar-refractivity contribution in [1.82, 2.24) is 0 Å². The molecule has 0 amide bonds. The lowest BCUT2D eigenvalue weighted by molar-refractivity contribution is -0.167. The first-order valence-electron chi connectivity index (χ1n) is 32.3. The van der Waals surface area contributed by atoms with Crippen molar-refractivity contribution in [3.05, 3.63) is 146 Å². The monoisotopic (exact) mass is 1090 g/mol. The third-order valence-electron chi connectivity index (χ3n) is 13.3. The van der Waals surface area contributed by atoms with E-state index in [2.05, 4.69) is 167 Å². The van der Waals surface area contributed by atoms with Crippen LogP contribution in [0.15, 0.2) is 146 Å². The van der Waals surface area contributed by atoms with Crippen molar-refractivity contribution in [2.45, 2.75) is 284 Å². The quantitative estimate of drug-likeness (QED) is 0.0261. The summed E-state index contributed by atoms with van der Waals surface area (Å²) in [5.41, 5.74) is 0. The van der Waals surface area contributed by atoms with Crippen molar-refractivity contribution in [2.75, 3.05) is 13.2 Å². The number of hydrogen-bond donors (Lipinski definition) is 0. The van der Waals surface area contributed by atoms with Gasteiger partial charge in [-0.1, -0.05) is 263 Å². The van der Waals surface area contributed by atoms with E-state index in [0.717, 1.165) is 148 Å². The van der Waals surface area contributed by atoms with Gasteiger partial charge in [0, 0.05) is 19.3 Å². The molecule has 0 heterocycles. The van der Waals surface area contributed by atoms with E-state index in [9.17, 15) is 14.4 Å². The van der Waals surface area contributed by atoms with E-state index in [-0.39, 0.29) is 31.1 Å². The fourth-order valence-electron chi connectivity index (χ4n) is 8.53. The minimum atomic E-state index is -0.805. The summed E-state index contributed by atoms with van der Waals surface area (Å²) in [6.07, 6.45) is 94.3. The van der Waals surface area contributed by atoms with Gasteiger partial charge in [0.2, 0.25) is 0 Å². The molecule has 0 aromatic carbocycles. The molecule has 6 heteroatoms. The standard InChI is InChI=1S/C73H118O6/c1-4-7-10-13-16-19-22-25-27-29-30-31-32-33-34-35-36-37-38-39-40-41-42-44-45-48-51-54-57-60-63-66-72(75)78-69-70(68-77-71(74)65-62-59-56-53-50-47-24-21-18-15-12-9-6-3)79-73(76)67-64-61-58-55-52-49-46-43-28-26-23-20-17-14-11-8-5-2/h7,9-10,12,16,18-19,21,25-28,30-31,33-34,36-37,39-40,42,44,47,50,70H,4-6,8,11,13-15,17,20,22-24,29,32,35,38,41,43,45-46,48-49,51-69H2,1-3H3/b10-7-,12-9-,19-16-,21-18-,27-25-,28-26-,31-30-,34-33-,37-36-,40-39-,44-42-,50-47-. The van der Waals surface area contributed by atoms with E-state index in [1.807, 2.05) is 0 Å². The molecular formula is C73H118O6. The van der Waals surface area contributed by atoms with Gasteiger partial charge in [0.25, 0.3) is 0 Å². The third kappa shape index (κ3) is 64.0. The first-order valence-corrected chi connectivity index (χ1v) is 32.3. The molecule has 446 valence electrons. The molecule has 0 rings (SSSR count). The van der Waals surface area contributed by atoms with E-state index in [0.29, 0.717) is 19.3 Å². The van der Waals surface area contributed by atoms with Crippen LogP contribution in [0.1, 0.15) is 278 Å². The number of hydrogen-bond acceptors (Lipinski definition) is 6. The highest BCUT2D eigenvalue weighted by Gasteiger charge is 2.19. The van der Waals surface area contributed by atoms with Crippen molar-refractivity contribution in [1.29, 1.82) is 0 Å². The highest BCUT2D eigenvalue weighted by atomic mass is 16.6. The zero-order valence-electron chi connectivity index (χ0n) is 51.1. The highest BCUT2D eigenvalue weighted by molar-refractivity contribution is 5.71. The van der Waals surface area contributed by atoms with Gasteiger partial charge in [-0.2, -0.15) is 0 Å². The summed E-state index contributed by atoms with van der Waals surface area (Å²) in [6, 6.07) is 0. The lowest BCUT2D eigenvalue weighted by Gasteiger charge is -2.18. The van der Waals surface area contributed by atoms with E-state index in [1.54, 1.807) is 0 Å². The first-order chi connectivity index (χ1) is 39.0. The van der Waals surface area contributed by atoms with E-state index in [1.165, 1.54) is 89.9 Å². The number of ether oxygens (including phenoxy) is 3. The number of allylic oxidation sites excluding steroid dienone is 24. The normalized spacial score (nSPS) is 13.1. The SMILES string of the molecule is CC/C=C\C/C=C\C/C=C\C/C=C\C/C=C\C/C=C\C/C=C\C/C=C\CCCCCCCCC(=O)OCC(COC(=O)CCCCC/C=C\C/C=C\C/C=C\CC)OC(=O)CCCCCCCCC/C=C\CCCCCCCC. The van der Waals surface area contributed by atoms with E-state index in [4.69, 9.17) is 14.2 Å². The summed E-state index contributed by atoms with van der Waals surface area (Å²) in [7, 11) is 0. The van der Waals surface area contributed by atoms with Gasteiger partial charge in [-0.05, 0) is 141 Å². The number of unbranched alkanes of at least 4 members (excludes halogenated alkanes) is 22. The lowest BCUT2D eigenvalue weighted by Crippen LogP contribution is -2.30. The van der Waals surface area contributed by atoms with Crippen molar-refractivity contribution >= 4 is 17.9 Å². The van der Waals surface area contributed by atoms with Gasteiger partial charge < -0.3 is 14.2 Å². The zero-order valence-corrected chi connectivity index (χ0v) is 51.1. The maximum absolute atomic E-state index is 12.9. The molecule has 0 radical (unpaired) electrons. The smallest absolute Gasteiger partial charge is 0.306 e. The molecule has 1 atom stereocenters. The lowest BCUT2D eigenvalue weighted by atomic mass is 10.1. The molecule has 0 bridgehead atoms. The Labute approximate surface area is 487 Å². The van der Waals surface area contributed by atoms with Crippen LogP contribution in [0.25, 0.3) is 0 Å². The summed E-state index contributed by atoms with van der Waals surface area (Å²) in [4.78, 5) is 38.3. The average molecular weight is 1090 g/mol. The van der Waals surface area contributed by atoms with Crippen LogP contribution in [0.3, 0.4) is 0 Å². The summed E-state index contributed by atoms with van der Waals surface area (Å²) in [6.45, 7) is 6.37. The topological polar surface area (TPSA) is 78.9 Å². The summed E-state index contributed by atoms with van der Waals surface area (Å²) >= 11 is 0. The predicted molar refractivity (Wildman–Crippen MR) is 343 cm³/mol. The minimum absolute atomic E-state index is 0.101. The Morgan fingerprint density at radius 1 is 0.266 bits per heavy atom. The fraction of sp³-hybridized carbons (Fsp3) is 0.630. The first kappa shape index (κ1) is 74.3. The molecule has 0 saturated heterocycles. The maximum atomic E-state index is 12.9. The Morgan fingerprint density at radius 2 is 0.494 bits per heavy atom. The van der Waals surface area contributed by atoms with Crippen molar-refractivity contribution in [3.8, 4) is 0 Å². The zero-order chi connectivity index (χ0) is 57.1. The highest BCUT2D eigenvalue weighted by Crippen LogP contribution is 2.14. The van der Waals surface area contributed by atoms with Crippen LogP contribution in [0.5, 0.6) is 0 Å². The molecule has 0 aliphatic rings. The van der Waals surface area contributed by atoms with E-state index >= 15 is 0 Å². The van der Waals surface area contributed by atoms with Gasteiger partial charge in [-0.15, -0.1) is 0 Å². The second kappa shape index (κ2) is 65.8. The molecule has 0 aromatic rings. The van der Waals surface area contributed by atoms with Crippen molar-refractivity contribution < 1.29 is 28.6 Å². The van der Waals surface area contributed by atoms with Crippen LogP contribution >= 0.6 is 0 Å². The van der Waals surface area contributed by atoms with Gasteiger partial charge >= 0.3 is 17.9 Å². The summed E-state index contributed by atoms with van der Waals surface area (Å²) in [5.74, 6) is -0.949. The Balaban J connectivity index is 4.36. The number of carbonyl (C=O) groups is 3. The molecule has 1 unspecified atom stereocenters. The maximum Gasteiger partial charge on any atom is 0.306 e. The van der Waals surface area contributed by atoms with E-state index < -0.39 is 6.10 Å². The molecule has 0 fully saturated rings. The number of rotatable bonds is 57. The number of carbonyl (C=O) groups excluding carboxylic acids is 3. The molecule has 79 heavy (non-hydrogen) atoms. The molecule has 0 spiro atoms. The molecular weight excluding hydrogens is 973 g/mol. The van der Waals surface area contributed by atoms with Crippen LogP contribution in [0, 0.1) is 0 Å². The fourth-order valence-corrected chi connectivity index (χ4v) is 8.53. The Morgan fingerprint density at radius 3 is 0.797 bits per heavy atom. The Hall–Kier alpha value is -4.71. The van der Waals surface area contributed by atoms with Crippen molar-refractivity contribution in [3.63, 3.8) is 0 Å². The Bertz CT molecular complexity index is 1730.